The highest BCUT2D eigenvalue weighted by atomic mass is 19.4. The molecule has 6 nitrogen and oxygen atoms in total. The highest BCUT2D eigenvalue weighted by molar-refractivity contribution is 6.09. The number of hydrogen-bond acceptors (Lipinski definition) is 4. The van der Waals surface area contributed by atoms with Gasteiger partial charge in [-0.05, 0) is 47.5 Å². The predicted molar refractivity (Wildman–Crippen MR) is 118 cm³/mol. The van der Waals surface area contributed by atoms with Crippen molar-refractivity contribution in [3.05, 3.63) is 101 Å². The number of benzene rings is 3. The third kappa shape index (κ3) is 6.23. The number of ether oxygens (including phenoxy) is 1. The fraction of sp³-hybridized carbons (Fsp3) is 0.0800. The number of amides is 1. The molecular formula is C25H17F3N2O4. The minimum atomic E-state index is -4.59. The van der Waals surface area contributed by atoms with E-state index in [9.17, 15) is 33.1 Å². The van der Waals surface area contributed by atoms with Gasteiger partial charge in [0.25, 0.3) is 5.91 Å². The van der Waals surface area contributed by atoms with Crippen molar-refractivity contribution in [1.82, 2.24) is 0 Å². The van der Waals surface area contributed by atoms with Gasteiger partial charge >= 0.3 is 12.1 Å². The Bertz CT molecular complexity index is 1280. The number of aromatic carboxylic acids is 1. The lowest BCUT2D eigenvalue weighted by Gasteiger charge is -2.11. The molecule has 0 aliphatic heterocycles. The van der Waals surface area contributed by atoms with E-state index in [1.807, 2.05) is 30.3 Å². The zero-order valence-electron chi connectivity index (χ0n) is 17.5. The largest absolute Gasteiger partial charge is 0.488 e. The van der Waals surface area contributed by atoms with Gasteiger partial charge in [-0.25, -0.2) is 4.79 Å². The second-order valence-corrected chi connectivity index (χ2v) is 7.04. The van der Waals surface area contributed by atoms with E-state index in [2.05, 4.69) is 5.32 Å². The summed E-state index contributed by atoms with van der Waals surface area (Å²) in [4.78, 5) is 24.1. The Morgan fingerprint density at radius 3 is 2.41 bits per heavy atom. The number of rotatable bonds is 7. The number of nitrogens with zero attached hydrogens (tertiary/aromatic N) is 1. The predicted octanol–water partition coefficient (Wildman–Crippen LogP) is 5.53. The van der Waals surface area contributed by atoms with E-state index in [-0.39, 0.29) is 29.2 Å². The average molecular weight is 466 g/mol. The fourth-order valence-corrected chi connectivity index (χ4v) is 2.95. The quantitative estimate of drug-likeness (QED) is 0.352. The van der Waals surface area contributed by atoms with Crippen LogP contribution in [0.4, 0.5) is 18.9 Å². The van der Waals surface area contributed by atoms with Crippen molar-refractivity contribution in [3.63, 3.8) is 0 Å². The molecule has 2 N–H and O–H groups in total. The highest BCUT2D eigenvalue weighted by Gasteiger charge is 2.30. The zero-order valence-corrected chi connectivity index (χ0v) is 17.5. The van der Waals surface area contributed by atoms with Crippen LogP contribution in [0.25, 0.3) is 6.08 Å². The summed E-state index contributed by atoms with van der Waals surface area (Å²) in [6.07, 6.45) is -3.46. The number of anilines is 1. The van der Waals surface area contributed by atoms with Crippen molar-refractivity contribution < 1.29 is 32.6 Å². The van der Waals surface area contributed by atoms with Crippen molar-refractivity contribution in [3.8, 4) is 11.8 Å². The van der Waals surface area contributed by atoms with E-state index < -0.39 is 29.2 Å². The van der Waals surface area contributed by atoms with E-state index in [1.165, 1.54) is 24.3 Å². The topological polar surface area (TPSA) is 99.4 Å². The van der Waals surface area contributed by atoms with Gasteiger partial charge in [-0.2, -0.15) is 18.4 Å². The van der Waals surface area contributed by atoms with Crippen LogP contribution in [0, 0.1) is 11.3 Å². The molecule has 0 saturated heterocycles. The van der Waals surface area contributed by atoms with E-state index in [0.29, 0.717) is 0 Å². The Morgan fingerprint density at radius 1 is 1.03 bits per heavy atom. The summed E-state index contributed by atoms with van der Waals surface area (Å²) in [6.45, 7) is 0.138. The maximum absolute atomic E-state index is 12.9. The van der Waals surface area contributed by atoms with Crippen LogP contribution in [0.3, 0.4) is 0 Å². The van der Waals surface area contributed by atoms with Gasteiger partial charge < -0.3 is 15.2 Å². The number of carboxylic acid groups (broad SMARTS) is 1. The molecule has 0 saturated carbocycles. The van der Waals surface area contributed by atoms with Crippen LogP contribution in [-0.2, 0) is 17.6 Å². The Balaban J connectivity index is 1.81. The Labute approximate surface area is 192 Å². The maximum atomic E-state index is 12.9. The molecule has 0 atom stereocenters. The molecular weight excluding hydrogens is 449 g/mol. The zero-order chi connectivity index (χ0) is 24.7. The van der Waals surface area contributed by atoms with Gasteiger partial charge in [0.1, 0.15) is 29.6 Å². The second-order valence-electron chi connectivity index (χ2n) is 7.04. The summed E-state index contributed by atoms with van der Waals surface area (Å²) in [7, 11) is 0. The average Bonchev–Trinajstić information content (AvgIpc) is 2.81. The molecule has 9 heteroatoms. The van der Waals surface area contributed by atoms with Crippen LogP contribution in [0.1, 0.15) is 27.0 Å². The van der Waals surface area contributed by atoms with Crippen LogP contribution in [0.2, 0.25) is 0 Å². The molecule has 0 unspecified atom stereocenters. The molecule has 0 aliphatic rings. The number of carboxylic acids is 1. The molecule has 3 aromatic rings. The third-order valence-corrected chi connectivity index (χ3v) is 4.60. The molecule has 0 heterocycles. The molecule has 0 aliphatic carbocycles. The molecule has 0 aromatic heterocycles. The van der Waals surface area contributed by atoms with Crippen LogP contribution in [0.15, 0.2) is 78.4 Å². The number of carbonyl (C=O) groups excluding carboxylic acids is 1. The van der Waals surface area contributed by atoms with Crippen molar-refractivity contribution in [1.29, 1.82) is 5.26 Å². The number of carbonyl (C=O) groups is 2. The number of nitriles is 1. The lowest BCUT2D eigenvalue weighted by atomic mass is 10.1. The molecule has 1 amide bonds. The van der Waals surface area contributed by atoms with Gasteiger partial charge in [0.15, 0.2) is 0 Å². The Morgan fingerprint density at radius 2 is 1.76 bits per heavy atom. The summed E-state index contributed by atoms with van der Waals surface area (Å²) < 4.78 is 44.2. The van der Waals surface area contributed by atoms with Crippen molar-refractivity contribution in [2.24, 2.45) is 0 Å². The molecule has 0 spiro atoms. The van der Waals surface area contributed by atoms with E-state index in [1.54, 1.807) is 6.07 Å². The van der Waals surface area contributed by atoms with Gasteiger partial charge in [-0.3, -0.25) is 4.79 Å². The summed E-state index contributed by atoms with van der Waals surface area (Å²) >= 11 is 0. The van der Waals surface area contributed by atoms with Gasteiger partial charge in [0, 0.05) is 5.69 Å². The van der Waals surface area contributed by atoms with Crippen molar-refractivity contribution in [2.45, 2.75) is 12.8 Å². The minimum absolute atomic E-state index is 0.0976. The SMILES string of the molecule is N#CC(=Cc1ccc(OCc2ccccc2)c(C(=O)O)c1)C(=O)Nc1cccc(C(F)(F)F)c1. The molecule has 172 valence electrons. The summed E-state index contributed by atoms with van der Waals surface area (Å²) in [5.41, 5.74) is -0.644. The normalized spacial score (nSPS) is 11.4. The maximum Gasteiger partial charge on any atom is 0.416 e. The summed E-state index contributed by atoms with van der Waals surface area (Å²) in [5, 5.41) is 21.1. The first-order chi connectivity index (χ1) is 16.2. The standard InChI is InChI=1S/C25H17F3N2O4/c26-25(27,28)19-7-4-8-20(13-19)30-23(31)18(14-29)11-17-9-10-22(21(12-17)24(32)33)34-15-16-5-2-1-3-6-16/h1-13H,15H2,(H,30,31)(H,32,33). The van der Waals surface area contributed by atoms with Crippen LogP contribution >= 0.6 is 0 Å². The molecule has 0 radical (unpaired) electrons. The first-order valence-electron chi connectivity index (χ1n) is 9.82. The molecule has 3 aromatic carbocycles. The summed E-state index contributed by atoms with van der Waals surface area (Å²) in [5.74, 6) is -2.12. The van der Waals surface area contributed by atoms with Crippen molar-refractivity contribution in [2.75, 3.05) is 5.32 Å². The first kappa shape index (κ1) is 24.1. The van der Waals surface area contributed by atoms with Crippen molar-refractivity contribution >= 4 is 23.6 Å². The summed E-state index contributed by atoms with van der Waals surface area (Å²) in [6, 6.07) is 18.9. The Kier molecular flexibility index (Phi) is 7.33. The monoisotopic (exact) mass is 466 g/mol. The number of alkyl halides is 3. The van der Waals surface area contributed by atoms with Crippen LogP contribution in [0.5, 0.6) is 5.75 Å². The third-order valence-electron chi connectivity index (χ3n) is 4.60. The first-order valence-corrected chi connectivity index (χ1v) is 9.82. The van der Waals surface area contributed by atoms with E-state index in [0.717, 1.165) is 29.8 Å². The lowest BCUT2D eigenvalue weighted by Crippen LogP contribution is -2.14. The lowest BCUT2D eigenvalue weighted by molar-refractivity contribution is -0.137. The molecule has 0 bridgehead atoms. The molecule has 34 heavy (non-hydrogen) atoms. The van der Waals surface area contributed by atoms with Crippen LogP contribution < -0.4 is 10.1 Å². The van der Waals surface area contributed by atoms with Gasteiger partial charge in [-0.1, -0.05) is 42.5 Å². The smallest absolute Gasteiger partial charge is 0.416 e. The second kappa shape index (κ2) is 10.4. The van der Waals surface area contributed by atoms with Gasteiger partial charge in [0.2, 0.25) is 0 Å². The highest BCUT2D eigenvalue weighted by Crippen LogP contribution is 2.31. The minimum Gasteiger partial charge on any atom is -0.488 e. The van der Waals surface area contributed by atoms with Gasteiger partial charge in [-0.15, -0.1) is 0 Å². The number of hydrogen-bond donors (Lipinski definition) is 2. The molecule has 3 rings (SSSR count). The number of halogens is 3. The fourth-order valence-electron chi connectivity index (χ4n) is 2.95. The Hall–Kier alpha value is -4.58. The molecule has 0 fully saturated rings. The van der Waals surface area contributed by atoms with E-state index >= 15 is 0 Å². The number of nitrogens with one attached hydrogen (secondary N) is 1. The van der Waals surface area contributed by atoms with Crippen LogP contribution in [-0.4, -0.2) is 17.0 Å². The van der Waals surface area contributed by atoms with E-state index in [4.69, 9.17) is 4.74 Å². The van der Waals surface area contributed by atoms with Gasteiger partial charge in [0.05, 0.1) is 5.56 Å².